The molecule has 0 bridgehead atoms. The lowest BCUT2D eigenvalue weighted by Crippen LogP contribution is -2.41. The summed E-state index contributed by atoms with van der Waals surface area (Å²) in [5, 5.41) is 0.640. The van der Waals surface area contributed by atoms with E-state index < -0.39 is 0 Å². The van der Waals surface area contributed by atoms with Gasteiger partial charge in [-0.05, 0) is 24.3 Å². The van der Waals surface area contributed by atoms with Crippen LogP contribution in [-0.2, 0) is 0 Å². The normalized spacial score (nSPS) is 12.1. The van der Waals surface area contributed by atoms with E-state index in [0.717, 1.165) is 0 Å². The summed E-state index contributed by atoms with van der Waals surface area (Å²) >= 11 is 5.80. The van der Waals surface area contributed by atoms with E-state index in [9.17, 15) is 4.79 Å². The Kier molecular flexibility index (Phi) is 3.55. The molecule has 3 heteroatoms. The van der Waals surface area contributed by atoms with Crippen molar-refractivity contribution < 1.29 is 9.36 Å². The van der Waals surface area contributed by atoms with Crippen molar-refractivity contribution in [1.29, 1.82) is 0 Å². The predicted octanol–water partition coefficient (Wildman–Crippen LogP) is 3.07. The van der Waals surface area contributed by atoms with Gasteiger partial charge in [0, 0.05) is 29.6 Å². The first-order chi connectivity index (χ1) is 8.18. The van der Waals surface area contributed by atoms with Gasteiger partial charge in [0.2, 0.25) is 11.8 Å². The van der Waals surface area contributed by atoms with Crippen molar-refractivity contribution in [3.8, 4) is 0 Å². The lowest BCUT2D eigenvalue weighted by molar-refractivity contribution is -0.704. The van der Waals surface area contributed by atoms with Gasteiger partial charge in [-0.1, -0.05) is 17.7 Å². The Hall–Kier alpha value is -1.67. The van der Waals surface area contributed by atoms with Gasteiger partial charge in [-0.3, -0.25) is 4.79 Å². The number of aromatic nitrogens is 1. The van der Waals surface area contributed by atoms with Crippen LogP contribution in [0.15, 0.2) is 54.9 Å². The first-order valence-corrected chi connectivity index (χ1v) is 5.82. The fourth-order valence-electron chi connectivity index (χ4n) is 1.66. The second kappa shape index (κ2) is 5.11. The summed E-state index contributed by atoms with van der Waals surface area (Å²) in [7, 11) is 0. The number of halogens is 1. The van der Waals surface area contributed by atoms with E-state index in [2.05, 4.69) is 0 Å². The lowest BCUT2D eigenvalue weighted by atomic mass is 10.1. The first-order valence-electron chi connectivity index (χ1n) is 5.44. The van der Waals surface area contributed by atoms with Crippen LogP contribution in [0.5, 0.6) is 0 Å². The molecule has 0 N–H and O–H groups in total. The third kappa shape index (κ3) is 2.71. The average molecular weight is 247 g/mol. The highest BCUT2D eigenvalue weighted by Gasteiger charge is 2.22. The van der Waals surface area contributed by atoms with Crippen molar-refractivity contribution in [1.82, 2.24) is 0 Å². The third-order valence-electron chi connectivity index (χ3n) is 2.69. The molecule has 0 aliphatic heterocycles. The maximum atomic E-state index is 12.2. The summed E-state index contributed by atoms with van der Waals surface area (Å²) < 4.78 is 1.89. The molecule has 0 saturated heterocycles. The number of carbonyl (C=O) groups excluding carboxylic acids is 1. The molecule has 2 nitrogen and oxygen atoms in total. The number of hydrogen-bond donors (Lipinski definition) is 0. The van der Waals surface area contributed by atoms with E-state index in [1.165, 1.54) is 0 Å². The summed E-state index contributed by atoms with van der Waals surface area (Å²) in [6.45, 7) is 1.89. The molecule has 1 aromatic carbocycles. The lowest BCUT2D eigenvalue weighted by Gasteiger charge is -2.06. The minimum atomic E-state index is -0.211. The Bertz CT molecular complexity index is 508. The number of hydrogen-bond acceptors (Lipinski definition) is 1. The average Bonchev–Trinajstić information content (AvgIpc) is 2.39. The van der Waals surface area contributed by atoms with Gasteiger partial charge in [0.25, 0.3) is 0 Å². The van der Waals surface area contributed by atoms with Gasteiger partial charge in [-0.2, -0.15) is 4.57 Å². The number of Topliss-reactive ketones (excluding diaryl/α,β-unsaturated/α-hetero) is 1. The van der Waals surface area contributed by atoms with Gasteiger partial charge in [0.05, 0.1) is 0 Å². The van der Waals surface area contributed by atoms with Crippen LogP contribution in [0.3, 0.4) is 0 Å². The molecular weight excluding hydrogens is 234 g/mol. The molecule has 1 heterocycles. The molecule has 0 aliphatic carbocycles. The molecule has 1 unspecified atom stereocenters. The van der Waals surface area contributed by atoms with Crippen LogP contribution < -0.4 is 4.57 Å². The van der Waals surface area contributed by atoms with E-state index in [1.807, 2.05) is 42.1 Å². The van der Waals surface area contributed by atoms with E-state index in [-0.39, 0.29) is 11.8 Å². The first kappa shape index (κ1) is 11.8. The Morgan fingerprint density at radius 1 is 1.12 bits per heavy atom. The number of pyridine rings is 1. The molecule has 0 saturated carbocycles. The summed E-state index contributed by atoms with van der Waals surface area (Å²) in [5.41, 5.74) is 0.679. The summed E-state index contributed by atoms with van der Waals surface area (Å²) in [5.74, 6) is 0.0814. The smallest absolute Gasteiger partial charge is 0.230 e. The quantitative estimate of drug-likeness (QED) is 0.602. The highest BCUT2D eigenvalue weighted by molar-refractivity contribution is 6.30. The van der Waals surface area contributed by atoms with Crippen LogP contribution in [0.25, 0.3) is 0 Å². The molecular formula is C14H13ClNO+. The largest absolute Gasteiger partial charge is 0.287 e. The van der Waals surface area contributed by atoms with Crippen LogP contribution in [0.1, 0.15) is 23.3 Å². The number of rotatable bonds is 3. The predicted molar refractivity (Wildman–Crippen MR) is 67.1 cm³/mol. The summed E-state index contributed by atoms with van der Waals surface area (Å²) in [6.07, 6.45) is 3.77. The molecule has 0 radical (unpaired) electrons. The Balaban J connectivity index is 2.23. The van der Waals surface area contributed by atoms with Crippen molar-refractivity contribution in [2.24, 2.45) is 0 Å². The van der Waals surface area contributed by atoms with Crippen LogP contribution in [0.2, 0.25) is 5.02 Å². The second-order valence-corrected chi connectivity index (χ2v) is 4.31. The fourth-order valence-corrected chi connectivity index (χ4v) is 1.79. The molecule has 0 aliphatic rings. The monoisotopic (exact) mass is 246 g/mol. The standard InChI is InChI=1S/C14H13ClNO/c1-11(16-9-3-2-4-10-16)14(17)12-5-7-13(15)8-6-12/h2-11H,1H3/q+1. The molecule has 17 heavy (non-hydrogen) atoms. The van der Waals surface area contributed by atoms with E-state index in [1.54, 1.807) is 24.3 Å². The molecule has 2 rings (SSSR count). The number of benzene rings is 1. The molecule has 0 amide bonds. The van der Waals surface area contributed by atoms with Gasteiger partial charge in [-0.25, -0.2) is 0 Å². The zero-order chi connectivity index (χ0) is 12.3. The highest BCUT2D eigenvalue weighted by atomic mass is 35.5. The molecule has 1 atom stereocenters. The van der Waals surface area contributed by atoms with Gasteiger partial charge in [-0.15, -0.1) is 0 Å². The Morgan fingerprint density at radius 2 is 1.71 bits per heavy atom. The van der Waals surface area contributed by atoms with Crippen molar-refractivity contribution in [2.75, 3.05) is 0 Å². The van der Waals surface area contributed by atoms with Gasteiger partial charge >= 0.3 is 0 Å². The van der Waals surface area contributed by atoms with E-state index >= 15 is 0 Å². The summed E-state index contributed by atoms with van der Waals surface area (Å²) in [4.78, 5) is 12.2. The van der Waals surface area contributed by atoms with Gasteiger partial charge in [0.1, 0.15) is 0 Å². The molecule has 2 aromatic rings. The Morgan fingerprint density at radius 3 is 2.29 bits per heavy atom. The Labute approximate surface area is 105 Å². The maximum Gasteiger partial charge on any atom is 0.230 e. The van der Waals surface area contributed by atoms with Crippen LogP contribution in [0, 0.1) is 0 Å². The van der Waals surface area contributed by atoms with E-state index in [0.29, 0.717) is 10.6 Å². The molecule has 1 aromatic heterocycles. The molecule has 0 fully saturated rings. The molecule has 0 spiro atoms. The highest BCUT2D eigenvalue weighted by Crippen LogP contribution is 2.13. The van der Waals surface area contributed by atoms with Crippen molar-refractivity contribution in [3.05, 3.63) is 65.4 Å². The topological polar surface area (TPSA) is 20.9 Å². The number of carbonyl (C=O) groups is 1. The number of ketones is 1. The zero-order valence-electron chi connectivity index (χ0n) is 9.51. The summed E-state index contributed by atoms with van der Waals surface area (Å²) in [6, 6.07) is 12.5. The minimum Gasteiger partial charge on any atom is -0.287 e. The SMILES string of the molecule is CC(C(=O)c1ccc(Cl)cc1)[n+]1ccccc1. The van der Waals surface area contributed by atoms with E-state index in [4.69, 9.17) is 11.6 Å². The second-order valence-electron chi connectivity index (χ2n) is 3.87. The molecule has 86 valence electrons. The number of nitrogens with zero attached hydrogens (tertiary/aromatic N) is 1. The minimum absolute atomic E-state index is 0.0814. The third-order valence-corrected chi connectivity index (χ3v) is 2.95. The van der Waals surface area contributed by atoms with Crippen LogP contribution >= 0.6 is 11.6 Å². The zero-order valence-corrected chi connectivity index (χ0v) is 10.3. The van der Waals surface area contributed by atoms with Gasteiger partial charge in [0.15, 0.2) is 12.4 Å². The van der Waals surface area contributed by atoms with Crippen molar-refractivity contribution in [3.63, 3.8) is 0 Å². The van der Waals surface area contributed by atoms with Gasteiger partial charge < -0.3 is 0 Å². The van der Waals surface area contributed by atoms with Crippen molar-refractivity contribution >= 4 is 17.4 Å². The van der Waals surface area contributed by atoms with Crippen LogP contribution in [-0.4, -0.2) is 5.78 Å². The van der Waals surface area contributed by atoms with Crippen LogP contribution in [0.4, 0.5) is 0 Å². The van der Waals surface area contributed by atoms with Crippen molar-refractivity contribution in [2.45, 2.75) is 13.0 Å². The maximum absolute atomic E-state index is 12.2. The fraction of sp³-hybridized carbons (Fsp3) is 0.143.